The van der Waals surface area contributed by atoms with Gasteiger partial charge in [0, 0.05) is 58.9 Å². The second kappa shape index (κ2) is 20.9. The summed E-state index contributed by atoms with van der Waals surface area (Å²) >= 11 is 0. The van der Waals surface area contributed by atoms with Crippen molar-refractivity contribution in [2.45, 2.75) is 78.0 Å². The molecule has 15 nitrogen and oxygen atoms in total. The quantitative estimate of drug-likeness (QED) is 0.0673. The number of hydrogen-bond acceptors (Lipinski definition) is 12. The smallest absolute Gasteiger partial charge is 0.336 e. The Balaban J connectivity index is 3.46. The molecule has 0 fully saturated rings. The minimum atomic E-state index is -1.14. The molecule has 0 saturated heterocycles. The minimum absolute atomic E-state index is 0.110. The van der Waals surface area contributed by atoms with Crippen LogP contribution in [0.2, 0.25) is 0 Å². The molecular weight excluding hydrogens is 546 g/mol. The molecule has 15 heteroatoms. The van der Waals surface area contributed by atoms with Crippen LogP contribution in [0.3, 0.4) is 0 Å². The average molecular weight is 604 g/mol. The van der Waals surface area contributed by atoms with Gasteiger partial charge in [0.2, 0.25) is 0 Å². The van der Waals surface area contributed by atoms with Crippen molar-refractivity contribution >= 4 is 0 Å². The van der Waals surface area contributed by atoms with E-state index in [1.54, 1.807) is 0 Å². The number of nitrogens with zero attached hydrogens (tertiary/aromatic N) is 6. The first-order valence-electron chi connectivity index (χ1n) is 15.3. The molecule has 246 valence electrons. The molecule has 1 rings (SSSR count). The van der Waals surface area contributed by atoms with Gasteiger partial charge in [0.25, 0.3) is 0 Å². The monoisotopic (exact) mass is 603 g/mol. The van der Waals surface area contributed by atoms with E-state index in [-0.39, 0.29) is 39.3 Å². The highest BCUT2D eigenvalue weighted by Crippen LogP contribution is 2.00. The lowest BCUT2D eigenvalue weighted by molar-refractivity contribution is 0.0820. The first kappa shape index (κ1) is 38.1. The van der Waals surface area contributed by atoms with E-state index in [1.165, 1.54) is 0 Å². The first-order valence-corrected chi connectivity index (χ1v) is 15.3. The Morgan fingerprint density at radius 2 is 0.762 bits per heavy atom. The van der Waals surface area contributed by atoms with Crippen LogP contribution < -0.4 is 34.3 Å². The average Bonchev–Trinajstić information content (AvgIpc) is 2.92. The lowest BCUT2D eigenvalue weighted by Gasteiger charge is -2.26. The molecule has 42 heavy (non-hydrogen) atoms. The Bertz CT molecular complexity index is 870. The van der Waals surface area contributed by atoms with E-state index in [2.05, 4.69) is 4.90 Å². The van der Waals surface area contributed by atoms with Crippen molar-refractivity contribution in [3.05, 3.63) is 31.5 Å². The predicted molar refractivity (Wildman–Crippen MR) is 165 cm³/mol. The standard InChI is InChI=1S/C27H57N9O6/c1-4-10-31(11-5-2)16-22(37)19-34-25(40)35(20-23(38)17-32(12-6-3)13-7-28)27(42)36(26(34)41)21-24(39)18-33(14-8-29)15-9-30/h22-24,37-39H,4-21,28-30H2,1-3H3. The molecule has 0 spiro atoms. The number of hydrogen-bond donors (Lipinski definition) is 6. The van der Waals surface area contributed by atoms with Crippen molar-refractivity contribution in [1.82, 2.24) is 28.4 Å². The molecule has 1 aromatic rings. The fourth-order valence-corrected chi connectivity index (χ4v) is 5.23. The molecule has 0 amide bonds. The third-order valence-corrected chi connectivity index (χ3v) is 6.93. The van der Waals surface area contributed by atoms with Gasteiger partial charge in [-0.15, -0.1) is 0 Å². The lowest BCUT2D eigenvalue weighted by Crippen LogP contribution is -2.58. The Labute approximate surface area is 249 Å². The van der Waals surface area contributed by atoms with E-state index in [0.717, 1.165) is 46.1 Å². The number of aliphatic hydroxyl groups excluding tert-OH is 3. The van der Waals surface area contributed by atoms with Gasteiger partial charge < -0.3 is 37.4 Å². The summed E-state index contributed by atoms with van der Waals surface area (Å²) in [5.74, 6) is 0. The second-order valence-corrected chi connectivity index (χ2v) is 10.9. The van der Waals surface area contributed by atoms with E-state index < -0.39 is 35.4 Å². The molecule has 0 aliphatic rings. The lowest BCUT2D eigenvalue weighted by atomic mass is 10.2. The fourth-order valence-electron chi connectivity index (χ4n) is 5.23. The normalized spacial score (nSPS) is 14.3. The van der Waals surface area contributed by atoms with Crippen LogP contribution in [0.4, 0.5) is 0 Å². The van der Waals surface area contributed by atoms with Gasteiger partial charge in [-0.25, -0.2) is 28.1 Å². The minimum Gasteiger partial charge on any atom is -0.390 e. The molecule has 1 heterocycles. The molecule has 3 unspecified atom stereocenters. The maximum Gasteiger partial charge on any atom is 0.336 e. The van der Waals surface area contributed by atoms with Crippen LogP contribution in [0.5, 0.6) is 0 Å². The number of rotatable bonds is 24. The van der Waals surface area contributed by atoms with Crippen LogP contribution in [0.1, 0.15) is 40.0 Å². The van der Waals surface area contributed by atoms with Crippen molar-refractivity contribution in [3.8, 4) is 0 Å². The van der Waals surface area contributed by atoms with Crippen LogP contribution >= 0.6 is 0 Å². The number of nitrogens with two attached hydrogens (primary N) is 3. The predicted octanol–water partition coefficient (Wildman–Crippen LogP) is -3.73. The van der Waals surface area contributed by atoms with Crippen molar-refractivity contribution in [3.63, 3.8) is 0 Å². The third-order valence-electron chi connectivity index (χ3n) is 6.93. The SMILES string of the molecule is CCCN(CCC)CC(O)Cn1c(=O)n(CC(O)CN(CCC)CCN)c(=O)n(CC(O)CN(CCN)CCN)c1=O. The van der Waals surface area contributed by atoms with Crippen LogP contribution in [0.15, 0.2) is 14.4 Å². The van der Waals surface area contributed by atoms with Gasteiger partial charge >= 0.3 is 17.1 Å². The zero-order valence-electron chi connectivity index (χ0n) is 25.9. The molecular formula is C27H57N9O6. The van der Waals surface area contributed by atoms with Gasteiger partial charge in [0.15, 0.2) is 0 Å². The van der Waals surface area contributed by atoms with E-state index in [0.29, 0.717) is 45.8 Å². The van der Waals surface area contributed by atoms with Gasteiger partial charge in [0.05, 0.1) is 37.9 Å². The maximum absolute atomic E-state index is 13.5. The van der Waals surface area contributed by atoms with E-state index in [9.17, 15) is 29.7 Å². The van der Waals surface area contributed by atoms with Crippen LogP contribution in [-0.4, -0.2) is 141 Å². The highest BCUT2D eigenvalue weighted by molar-refractivity contribution is 4.84. The molecule has 0 bridgehead atoms. The summed E-state index contributed by atoms with van der Waals surface area (Å²) in [6, 6.07) is 0. The van der Waals surface area contributed by atoms with E-state index in [1.807, 2.05) is 30.6 Å². The van der Waals surface area contributed by atoms with E-state index in [4.69, 9.17) is 17.2 Å². The van der Waals surface area contributed by atoms with Crippen LogP contribution in [0, 0.1) is 0 Å². The van der Waals surface area contributed by atoms with Crippen molar-refractivity contribution in [1.29, 1.82) is 0 Å². The third kappa shape index (κ3) is 12.7. The molecule has 0 aliphatic heterocycles. The Morgan fingerprint density at radius 1 is 0.524 bits per heavy atom. The molecule has 0 aliphatic carbocycles. The Morgan fingerprint density at radius 3 is 1.00 bits per heavy atom. The number of aliphatic hydroxyl groups is 3. The topological polar surface area (TPSA) is 214 Å². The highest BCUT2D eigenvalue weighted by atomic mass is 16.3. The molecule has 0 radical (unpaired) electrons. The summed E-state index contributed by atoms with van der Waals surface area (Å²) in [5, 5.41) is 32.6. The summed E-state index contributed by atoms with van der Waals surface area (Å²) in [6.07, 6.45) is -0.709. The highest BCUT2D eigenvalue weighted by Gasteiger charge is 2.23. The van der Waals surface area contributed by atoms with Crippen LogP contribution in [-0.2, 0) is 19.6 Å². The van der Waals surface area contributed by atoms with Crippen LogP contribution in [0.25, 0.3) is 0 Å². The Hall–Kier alpha value is -1.95. The summed E-state index contributed by atoms with van der Waals surface area (Å²) in [6.45, 7) is 10.2. The van der Waals surface area contributed by atoms with Crippen molar-refractivity contribution in [2.75, 3.05) is 78.5 Å². The maximum atomic E-state index is 13.5. The molecule has 0 aromatic carbocycles. The fraction of sp³-hybridized carbons (Fsp3) is 0.889. The molecule has 3 atom stereocenters. The molecule has 1 aromatic heterocycles. The summed E-state index contributed by atoms with van der Waals surface area (Å²) in [4.78, 5) is 46.3. The Kier molecular flexibility index (Phi) is 18.9. The van der Waals surface area contributed by atoms with E-state index >= 15 is 0 Å². The first-order chi connectivity index (χ1) is 20.1. The summed E-state index contributed by atoms with van der Waals surface area (Å²) in [7, 11) is 0. The number of aromatic nitrogens is 3. The van der Waals surface area contributed by atoms with Gasteiger partial charge in [-0.1, -0.05) is 20.8 Å². The molecule has 9 N–H and O–H groups in total. The summed E-state index contributed by atoms with van der Waals surface area (Å²) in [5.41, 5.74) is 14.2. The largest absolute Gasteiger partial charge is 0.390 e. The van der Waals surface area contributed by atoms with Gasteiger partial charge in [-0.3, -0.25) is 9.80 Å². The zero-order valence-corrected chi connectivity index (χ0v) is 25.9. The second-order valence-electron chi connectivity index (χ2n) is 10.9. The zero-order chi connectivity index (χ0) is 31.7. The van der Waals surface area contributed by atoms with Gasteiger partial charge in [-0.2, -0.15) is 0 Å². The molecule has 0 saturated carbocycles. The van der Waals surface area contributed by atoms with Gasteiger partial charge in [0.1, 0.15) is 0 Å². The summed E-state index contributed by atoms with van der Waals surface area (Å²) < 4.78 is 2.43. The van der Waals surface area contributed by atoms with Gasteiger partial charge in [-0.05, 0) is 38.9 Å². The van der Waals surface area contributed by atoms with Crippen molar-refractivity contribution in [2.24, 2.45) is 17.2 Å². The van der Waals surface area contributed by atoms with Crippen molar-refractivity contribution < 1.29 is 15.3 Å².